The van der Waals surface area contributed by atoms with Crippen molar-refractivity contribution in [2.24, 2.45) is 0 Å². The summed E-state index contributed by atoms with van der Waals surface area (Å²) in [5.41, 5.74) is 0.632. The van der Waals surface area contributed by atoms with Gasteiger partial charge in [0.25, 0.3) is 0 Å². The Morgan fingerprint density at radius 2 is 2.14 bits per heavy atom. The molecule has 0 saturated carbocycles. The molecule has 0 radical (unpaired) electrons. The van der Waals surface area contributed by atoms with Crippen LogP contribution in [0, 0.1) is 0 Å². The predicted molar refractivity (Wildman–Crippen MR) is 80.5 cm³/mol. The number of carbonyl (C=O) groups excluding carboxylic acids is 1. The van der Waals surface area contributed by atoms with E-state index in [1.54, 1.807) is 18.2 Å². The third kappa shape index (κ3) is 4.26. The smallest absolute Gasteiger partial charge is 0.315 e. The Balaban J connectivity index is 1.81. The van der Waals surface area contributed by atoms with Gasteiger partial charge in [-0.2, -0.15) is 0 Å². The lowest BCUT2D eigenvalue weighted by Crippen LogP contribution is -2.46. The van der Waals surface area contributed by atoms with Crippen LogP contribution in [0.5, 0.6) is 11.5 Å². The van der Waals surface area contributed by atoms with Crippen LogP contribution in [-0.4, -0.2) is 49.3 Å². The number of urea groups is 1. The van der Waals surface area contributed by atoms with Crippen LogP contribution >= 0.6 is 0 Å². The first-order valence-corrected chi connectivity index (χ1v) is 7.18. The minimum atomic E-state index is -0.202. The number of ether oxygens (including phenoxy) is 1. The van der Waals surface area contributed by atoms with E-state index < -0.39 is 0 Å². The molecule has 0 aliphatic carbocycles. The molecule has 2 rings (SSSR count). The zero-order valence-corrected chi connectivity index (χ0v) is 12.6. The van der Waals surface area contributed by atoms with E-state index in [1.165, 1.54) is 7.11 Å². The van der Waals surface area contributed by atoms with Crippen molar-refractivity contribution >= 4 is 6.03 Å². The Morgan fingerprint density at radius 1 is 1.43 bits per heavy atom. The van der Waals surface area contributed by atoms with Gasteiger partial charge in [0.1, 0.15) is 0 Å². The van der Waals surface area contributed by atoms with E-state index in [-0.39, 0.29) is 24.4 Å². The molecule has 0 atom stereocenters. The van der Waals surface area contributed by atoms with E-state index in [0.29, 0.717) is 11.3 Å². The number of hydrogen-bond acceptors (Lipinski definition) is 4. The van der Waals surface area contributed by atoms with Crippen LogP contribution in [0.3, 0.4) is 0 Å². The first-order valence-electron chi connectivity index (χ1n) is 7.18. The van der Waals surface area contributed by atoms with Crippen LogP contribution in [0.1, 0.15) is 18.4 Å². The summed E-state index contributed by atoms with van der Waals surface area (Å²) in [5, 5.41) is 15.7. The number of para-hydroxylation sites is 1. The Labute approximate surface area is 125 Å². The van der Waals surface area contributed by atoms with E-state index in [2.05, 4.69) is 22.6 Å². The fourth-order valence-corrected chi connectivity index (χ4v) is 2.44. The summed E-state index contributed by atoms with van der Waals surface area (Å²) in [6, 6.07) is 5.24. The summed E-state index contributed by atoms with van der Waals surface area (Å²) in [4.78, 5) is 14.1. The van der Waals surface area contributed by atoms with Gasteiger partial charge in [0.15, 0.2) is 11.5 Å². The average Bonchev–Trinajstić information content (AvgIpc) is 2.48. The molecule has 1 fully saturated rings. The highest BCUT2D eigenvalue weighted by atomic mass is 16.5. The number of likely N-dealkylation sites (tertiary alicyclic amines) is 1. The zero-order valence-electron chi connectivity index (χ0n) is 12.6. The largest absolute Gasteiger partial charge is 0.504 e. The van der Waals surface area contributed by atoms with Crippen molar-refractivity contribution in [2.75, 3.05) is 27.2 Å². The number of benzene rings is 1. The standard InChI is InChI=1S/C15H23N3O3/c1-18-8-6-12(7-9-18)17-15(20)16-10-11-4-3-5-13(21-2)14(11)19/h3-5,12,19H,6-10H2,1-2H3,(H2,16,17,20). The van der Waals surface area contributed by atoms with E-state index in [1.807, 2.05) is 0 Å². The maximum Gasteiger partial charge on any atom is 0.315 e. The maximum absolute atomic E-state index is 11.9. The Kier molecular flexibility index (Phi) is 5.27. The molecule has 2 amide bonds. The van der Waals surface area contributed by atoms with Crippen molar-refractivity contribution < 1.29 is 14.6 Å². The summed E-state index contributed by atoms with van der Waals surface area (Å²) in [7, 11) is 3.58. The first-order chi connectivity index (χ1) is 10.1. The van der Waals surface area contributed by atoms with Crippen molar-refractivity contribution in [3.05, 3.63) is 23.8 Å². The van der Waals surface area contributed by atoms with Gasteiger partial charge in [-0.1, -0.05) is 12.1 Å². The molecular formula is C15H23N3O3. The second-order valence-corrected chi connectivity index (χ2v) is 5.37. The molecule has 1 heterocycles. The highest BCUT2D eigenvalue weighted by Gasteiger charge is 2.18. The van der Waals surface area contributed by atoms with Crippen LogP contribution in [0.4, 0.5) is 4.79 Å². The number of phenols is 1. The molecule has 6 heteroatoms. The summed E-state index contributed by atoms with van der Waals surface area (Å²) < 4.78 is 5.04. The number of hydrogen-bond donors (Lipinski definition) is 3. The van der Waals surface area contributed by atoms with Gasteiger partial charge in [-0.25, -0.2) is 4.79 Å². The Bertz CT molecular complexity index is 485. The molecule has 1 aliphatic rings. The molecule has 21 heavy (non-hydrogen) atoms. The number of nitrogens with one attached hydrogen (secondary N) is 2. The molecule has 0 aromatic heterocycles. The van der Waals surface area contributed by atoms with Crippen LogP contribution in [0.25, 0.3) is 0 Å². The molecule has 0 unspecified atom stereocenters. The van der Waals surface area contributed by atoms with Gasteiger partial charge in [0.05, 0.1) is 7.11 Å². The van der Waals surface area contributed by atoms with Gasteiger partial charge >= 0.3 is 6.03 Å². The summed E-state index contributed by atoms with van der Waals surface area (Å²) in [6.45, 7) is 2.27. The Hall–Kier alpha value is -1.95. The molecule has 6 nitrogen and oxygen atoms in total. The highest BCUT2D eigenvalue weighted by Crippen LogP contribution is 2.29. The van der Waals surface area contributed by atoms with Crippen molar-refractivity contribution in [3.8, 4) is 11.5 Å². The van der Waals surface area contributed by atoms with Gasteiger partial charge in [-0.05, 0) is 39.0 Å². The number of carbonyl (C=O) groups is 1. The molecule has 0 bridgehead atoms. The number of methoxy groups -OCH3 is 1. The Morgan fingerprint density at radius 3 is 2.81 bits per heavy atom. The van der Waals surface area contributed by atoms with E-state index in [0.717, 1.165) is 25.9 Å². The molecule has 1 saturated heterocycles. The molecule has 1 aromatic carbocycles. The number of amides is 2. The molecule has 116 valence electrons. The van der Waals surface area contributed by atoms with Crippen molar-refractivity contribution in [1.29, 1.82) is 0 Å². The van der Waals surface area contributed by atoms with Crippen molar-refractivity contribution in [3.63, 3.8) is 0 Å². The third-order valence-corrected chi connectivity index (χ3v) is 3.80. The lowest BCUT2D eigenvalue weighted by molar-refractivity contribution is 0.213. The second kappa shape index (κ2) is 7.17. The lowest BCUT2D eigenvalue weighted by atomic mass is 10.1. The van der Waals surface area contributed by atoms with E-state index in [9.17, 15) is 9.90 Å². The number of nitrogens with zero attached hydrogens (tertiary/aromatic N) is 1. The molecule has 1 aliphatic heterocycles. The van der Waals surface area contributed by atoms with Gasteiger partial charge in [0.2, 0.25) is 0 Å². The van der Waals surface area contributed by atoms with Crippen LogP contribution in [0.15, 0.2) is 18.2 Å². The summed E-state index contributed by atoms with van der Waals surface area (Å²) >= 11 is 0. The van der Waals surface area contributed by atoms with Gasteiger partial charge < -0.3 is 25.4 Å². The van der Waals surface area contributed by atoms with Crippen molar-refractivity contribution in [1.82, 2.24) is 15.5 Å². The van der Waals surface area contributed by atoms with Crippen LogP contribution in [-0.2, 0) is 6.54 Å². The minimum Gasteiger partial charge on any atom is -0.504 e. The van der Waals surface area contributed by atoms with E-state index >= 15 is 0 Å². The molecule has 3 N–H and O–H groups in total. The van der Waals surface area contributed by atoms with Crippen LogP contribution < -0.4 is 15.4 Å². The third-order valence-electron chi connectivity index (χ3n) is 3.80. The normalized spacial score (nSPS) is 16.5. The highest BCUT2D eigenvalue weighted by molar-refractivity contribution is 5.74. The van der Waals surface area contributed by atoms with Gasteiger partial charge in [0, 0.05) is 18.2 Å². The average molecular weight is 293 g/mol. The summed E-state index contributed by atoms with van der Waals surface area (Å²) in [6.07, 6.45) is 1.93. The first kappa shape index (κ1) is 15.4. The van der Waals surface area contributed by atoms with E-state index in [4.69, 9.17) is 4.74 Å². The number of aromatic hydroxyl groups is 1. The quantitative estimate of drug-likeness (QED) is 0.782. The molecule has 1 aromatic rings. The number of phenolic OH excluding ortho intramolecular Hbond substituents is 1. The number of rotatable bonds is 4. The predicted octanol–water partition coefficient (Wildman–Crippen LogP) is 1.29. The van der Waals surface area contributed by atoms with Gasteiger partial charge in [-0.15, -0.1) is 0 Å². The SMILES string of the molecule is COc1cccc(CNC(=O)NC2CCN(C)CC2)c1O. The lowest BCUT2D eigenvalue weighted by Gasteiger charge is -2.29. The number of piperidine rings is 1. The van der Waals surface area contributed by atoms with Crippen LogP contribution in [0.2, 0.25) is 0 Å². The second-order valence-electron chi connectivity index (χ2n) is 5.37. The zero-order chi connectivity index (χ0) is 15.2. The topological polar surface area (TPSA) is 73.8 Å². The minimum absolute atomic E-state index is 0.0691. The maximum atomic E-state index is 11.9. The molecule has 0 spiro atoms. The fourth-order valence-electron chi connectivity index (χ4n) is 2.44. The summed E-state index contributed by atoms with van der Waals surface area (Å²) in [5.74, 6) is 0.476. The van der Waals surface area contributed by atoms with Gasteiger partial charge in [-0.3, -0.25) is 0 Å². The fraction of sp³-hybridized carbons (Fsp3) is 0.533. The van der Waals surface area contributed by atoms with Crippen molar-refractivity contribution in [2.45, 2.75) is 25.4 Å². The molecular weight excluding hydrogens is 270 g/mol. The monoisotopic (exact) mass is 293 g/mol.